The highest BCUT2D eigenvalue weighted by molar-refractivity contribution is 7.99. The molecular formula is C14H20N2O3S. The van der Waals surface area contributed by atoms with Crippen molar-refractivity contribution in [3.8, 4) is 5.88 Å². The maximum atomic E-state index is 12.1. The minimum atomic E-state index is -0.136. The van der Waals surface area contributed by atoms with Gasteiger partial charge in [0.05, 0.1) is 6.61 Å². The Morgan fingerprint density at radius 3 is 3.20 bits per heavy atom. The molecular weight excluding hydrogens is 276 g/mol. The van der Waals surface area contributed by atoms with Crippen LogP contribution in [-0.2, 0) is 4.74 Å². The number of rotatable bonds is 6. The fraction of sp³-hybridized carbons (Fsp3) is 0.571. The summed E-state index contributed by atoms with van der Waals surface area (Å²) in [4.78, 5) is 16.2. The van der Waals surface area contributed by atoms with Crippen LogP contribution in [0.15, 0.2) is 18.3 Å². The van der Waals surface area contributed by atoms with Crippen molar-refractivity contribution in [1.82, 2.24) is 10.3 Å². The molecule has 0 spiro atoms. The molecule has 1 amide bonds. The Hall–Kier alpha value is -1.27. The Bertz CT molecular complexity index is 450. The smallest absolute Gasteiger partial charge is 0.251 e. The third-order valence-electron chi connectivity index (χ3n) is 2.97. The molecule has 0 bridgehead atoms. The molecule has 0 saturated carbocycles. The molecule has 2 unspecified atom stereocenters. The number of carbonyl (C=O) groups excluding carboxylic acids is 1. The Balaban J connectivity index is 1.95. The number of nitrogens with zero attached hydrogens (tertiary/aromatic N) is 1. The van der Waals surface area contributed by atoms with Gasteiger partial charge >= 0.3 is 0 Å². The molecule has 20 heavy (non-hydrogen) atoms. The second kappa shape index (κ2) is 7.50. The molecule has 0 radical (unpaired) electrons. The zero-order valence-corrected chi connectivity index (χ0v) is 12.6. The molecule has 110 valence electrons. The predicted molar refractivity (Wildman–Crippen MR) is 79.4 cm³/mol. The van der Waals surface area contributed by atoms with Gasteiger partial charge in [-0.15, -0.1) is 0 Å². The number of aromatic nitrogens is 1. The van der Waals surface area contributed by atoms with Crippen LogP contribution < -0.4 is 10.1 Å². The number of hydrogen-bond acceptors (Lipinski definition) is 5. The lowest BCUT2D eigenvalue weighted by Gasteiger charge is -2.14. The maximum absolute atomic E-state index is 12.1. The van der Waals surface area contributed by atoms with Crippen LogP contribution in [-0.4, -0.2) is 48.3 Å². The van der Waals surface area contributed by atoms with Gasteiger partial charge in [0, 0.05) is 36.7 Å². The number of ether oxygens (including phenoxy) is 2. The molecule has 1 aliphatic rings. The van der Waals surface area contributed by atoms with Crippen LogP contribution in [0.25, 0.3) is 0 Å². The molecule has 2 rings (SSSR count). The summed E-state index contributed by atoms with van der Waals surface area (Å²) in [6.45, 7) is 2.38. The minimum absolute atomic E-state index is 0.0312. The van der Waals surface area contributed by atoms with E-state index in [-0.39, 0.29) is 18.1 Å². The first-order valence-electron chi connectivity index (χ1n) is 6.69. The lowest BCUT2D eigenvalue weighted by atomic mass is 10.2. The van der Waals surface area contributed by atoms with Crippen molar-refractivity contribution in [2.24, 2.45) is 0 Å². The molecule has 1 saturated heterocycles. The van der Waals surface area contributed by atoms with Crippen molar-refractivity contribution in [3.63, 3.8) is 0 Å². The van der Waals surface area contributed by atoms with Crippen molar-refractivity contribution < 1.29 is 14.3 Å². The van der Waals surface area contributed by atoms with Gasteiger partial charge in [0.25, 0.3) is 5.91 Å². The molecule has 1 aliphatic heterocycles. The zero-order valence-electron chi connectivity index (χ0n) is 11.8. The average Bonchev–Trinajstić information content (AvgIpc) is 2.92. The van der Waals surface area contributed by atoms with Crippen LogP contribution in [0.3, 0.4) is 0 Å². The van der Waals surface area contributed by atoms with Crippen molar-refractivity contribution in [2.75, 3.05) is 25.2 Å². The molecule has 5 nitrogen and oxygen atoms in total. The van der Waals surface area contributed by atoms with E-state index >= 15 is 0 Å². The number of methoxy groups -OCH3 is 1. The van der Waals surface area contributed by atoms with E-state index < -0.39 is 0 Å². The quantitative estimate of drug-likeness (QED) is 0.866. The lowest BCUT2D eigenvalue weighted by molar-refractivity contribution is 0.0904. The maximum Gasteiger partial charge on any atom is 0.251 e. The summed E-state index contributed by atoms with van der Waals surface area (Å²) < 4.78 is 10.8. The van der Waals surface area contributed by atoms with E-state index in [0.717, 1.165) is 17.9 Å². The van der Waals surface area contributed by atoms with E-state index in [9.17, 15) is 4.79 Å². The molecule has 6 heteroatoms. The number of carbonyl (C=O) groups is 1. The van der Waals surface area contributed by atoms with Crippen LogP contribution in [0.5, 0.6) is 5.88 Å². The number of nitrogens with one attached hydrogen (secondary N) is 1. The molecule has 0 aromatic carbocycles. The van der Waals surface area contributed by atoms with Gasteiger partial charge in [0.15, 0.2) is 0 Å². The second-order valence-electron chi connectivity index (χ2n) is 4.82. The minimum Gasteiger partial charge on any atom is -0.473 e. The summed E-state index contributed by atoms with van der Waals surface area (Å²) >= 11 is 1.88. The van der Waals surface area contributed by atoms with E-state index in [2.05, 4.69) is 10.3 Å². The van der Waals surface area contributed by atoms with Crippen LogP contribution in [0.1, 0.15) is 23.7 Å². The fourth-order valence-corrected chi connectivity index (χ4v) is 3.08. The van der Waals surface area contributed by atoms with Crippen molar-refractivity contribution in [3.05, 3.63) is 23.9 Å². The third-order valence-corrected chi connectivity index (χ3v) is 4.10. The second-order valence-corrected chi connectivity index (χ2v) is 5.97. The summed E-state index contributed by atoms with van der Waals surface area (Å²) in [7, 11) is 1.61. The monoisotopic (exact) mass is 296 g/mol. The van der Waals surface area contributed by atoms with Crippen molar-refractivity contribution in [1.29, 1.82) is 0 Å². The Labute approximate surface area is 123 Å². The first-order chi connectivity index (χ1) is 9.69. The number of thioether (sulfide) groups is 1. The van der Waals surface area contributed by atoms with Crippen LogP contribution in [0.2, 0.25) is 0 Å². The normalized spacial score (nSPS) is 19.6. The summed E-state index contributed by atoms with van der Waals surface area (Å²) in [6, 6.07) is 3.35. The van der Waals surface area contributed by atoms with Gasteiger partial charge in [-0.1, -0.05) is 0 Å². The summed E-state index contributed by atoms with van der Waals surface area (Å²) in [5.41, 5.74) is 0.559. The molecule has 0 aliphatic carbocycles. The van der Waals surface area contributed by atoms with Gasteiger partial charge < -0.3 is 14.8 Å². The number of pyridine rings is 1. The predicted octanol–water partition coefficient (Wildman–Crippen LogP) is 1.73. The molecule has 2 atom stereocenters. The molecule has 1 aromatic heterocycles. The van der Waals surface area contributed by atoms with Crippen LogP contribution in [0, 0.1) is 0 Å². The van der Waals surface area contributed by atoms with E-state index in [1.165, 1.54) is 0 Å². The Morgan fingerprint density at radius 2 is 2.50 bits per heavy atom. The highest BCUT2D eigenvalue weighted by atomic mass is 32.2. The Kier molecular flexibility index (Phi) is 5.67. The first-order valence-corrected chi connectivity index (χ1v) is 7.84. The first kappa shape index (κ1) is 15.1. The third kappa shape index (κ3) is 4.38. The van der Waals surface area contributed by atoms with Gasteiger partial charge in [-0.3, -0.25) is 4.79 Å². The highest BCUT2D eigenvalue weighted by Crippen LogP contribution is 2.22. The van der Waals surface area contributed by atoms with Gasteiger partial charge in [0.2, 0.25) is 5.88 Å². The van der Waals surface area contributed by atoms with E-state index in [0.29, 0.717) is 18.1 Å². The largest absolute Gasteiger partial charge is 0.473 e. The van der Waals surface area contributed by atoms with Gasteiger partial charge in [0.1, 0.15) is 6.10 Å². The molecule has 1 N–H and O–H groups in total. The summed E-state index contributed by atoms with van der Waals surface area (Å²) in [5.74, 6) is 2.50. The zero-order chi connectivity index (χ0) is 14.4. The SMILES string of the molecule is COCC(C)NC(=O)c1ccnc(OC2CCSC2)c1. The van der Waals surface area contributed by atoms with E-state index in [4.69, 9.17) is 9.47 Å². The highest BCUT2D eigenvalue weighted by Gasteiger charge is 2.18. The van der Waals surface area contributed by atoms with Gasteiger partial charge in [-0.25, -0.2) is 4.98 Å². The van der Waals surface area contributed by atoms with Gasteiger partial charge in [-0.2, -0.15) is 11.8 Å². The van der Waals surface area contributed by atoms with Crippen LogP contribution >= 0.6 is 11.8 Å². The van der Waals surface area contributed by atoms with Crippen molar-refractivity contribution >= 4 is 17.7 Å². The number of amides is 1. The van der Waals surface area contributed by atoms with E-state index in [1.54, 1.807) is 25.4 Å². The van der Waals surface area contributed by atoms with E-state index in [1.807, 2.05) is 18.7 Å². The number of hydrogen-bond donors (Lipinski definition) is 1. The van der Waals surface area contributed by atoms with Crippen molar-refractivity contribution in [2.45, 2.75) is 25.5 Å². The molecule has 1 fully saturated rings. The molecule has 1 aromatic rings. The average molecular weight is 296 g/mol. The molecule has 2 heterocycles. The Morgan fingerprint density at radius 1 is 1.65 bits per heavy atom. The lowest BCUT2D eigenvalue weighted by Crippen LogP contribution is -2.35. The van der Waals surface area contributed by atoms with Crippen LogP contribution in [0.4, 0.5) is 0 Å². The topological polar surface area (TPSA) is 60.5 Å². The summed E-state index contributed by atoms with van der Waals surface area (Å²) in [6.07, 6.45) is 2.85. The summed E-state index contributed by atoms with van der Waals surface area (Å²) in [5, 5.41) is 2.87. The fourth-order valence-electron chi connectivity index (χ4n) is 1.99. The van der Waals surface area contributed by atoms with Gasteiger partial charge in [-0.05, 0) is 25.2 Å². The standard InChI is InChI=1S/C14H20N2O3S/c1-10(8-18-2)16-14(17)11-3-5-15-13(7-11)19-12-4-6-20-9-12/h3,5,7,10,12H,4,6,8-9H2,1-2H3,(H,16,17).